The second kappa shape index (κ2) is 5.04. The molecule has 0 aromatic carbocycles. The van der Waals surface area contributed by atoms with Crippen LogP contribution in [0.5, 0.6) is 0 Å². The Morgan fingerprint density at radius 3 is 2.94 bits per heavy atom. The van der Waals surface area contributed by atoms with E-state index in [-0.39, 0.29) is 17.4 Å². The molecule has 0 saturated carbocycles. The first-order chi connectivity index (χ1) is 8.54. The summed E-state index contributed by atoms with van der Waals surface area (Å²) in [6.07, 6.45) is 2.86. The lowest BCUT2D eigenvalue weighted by Crippen LogP contribution is -2.17. The number of sulfonamides is 1. The second-order valence-electron chi connectivity index (χ2n) is 3.37. The normalized spacial score (nSPS) is 11.4. The number of nitrogens with zero attached hydrogens (tertiary/aromatic N) is 2. The molecule has 4 N–H and O–H groups in total. The van der Waals surface area contributed by atoms with Gasteiger partial charge in [-0.3, -0.25) is 9.82 Å². The highest BCUT2D eigenvalue weighted by Gasteiger charge is 2.21. The van der Waals surface area contributed by atoms with Crippen LogP contribution in [0.25, 0.3) is 0 Å². The Kier molecular flexibility index (Phi) is 3.64. The molecule has 2 aromatic rings. The van der Waals surface area contributed by atoms with Gasteiger partial charge in [-0.25, -0.2) is 4.98 Å². The lowest BCUT2D eigenvalue weighted by molar-refractivity contribution is 0.595. The van der Waals surface area contributed by atoms with E-state index in [0.717, 1.165) is 0 Å². The molecule has 0 atom stereocenters. The highest BCUT2D eigenvalue weighted by Crippen LogP contribution is 2.22. The van der Waals surface area contributed by atoms with Gasteiger partial charge >= 0.3 is 0 Å². The molecule has 18 heavy (non-hydrogen) atoms. The quantitative estimate of drug-likeness (QED) is 0.767. The van der Waals surface area contributed by atoms with Gasteiger partial charge in [-0.1, -0.05) is 0 Å². The highest BCUT2D eigenvalue weighted by atomic mass is 79.9. The molecule has 0 bridgehead atoms. The van der Waals surface area contributed by atoms with Crippen LogP contribution in [0, 0.1) is 0 Å². The van der Waals surface area contributed by atoms with Crippen LogP contribution >= 0.6 is 15.9 Å². The van der Waals surface area contributed by atoms with Crippen molar-refractivity contribution in [1.29, 1.82) is 0 Å². The van der Waals surface area contributed by atoms with Crippen LogP contribution in [0.15, 0.2) is 34.0 Å². The van der Waals surface area contributed by atoms with E-state index >= 15 is 0 Å². The molecule has 0 fully saturated rings. The van der Waals surface area contributed by atoms with Crippen LogP contribution in [-0.4, -0.2) is 23.6 Å². The number of aromatic nitrogens is 3. The molecule has 0 spiro atoms. The van der Waals surface area contributed by atoms with Gasteiger partial charge in [-0.2, -0.15) is 13.5 Å². The number of nitrogens with one attached hydrogen (secondary N) is 2. The molecule has 0 radical (unpaired) electrons. The van der Waals surface area contributed by atoms with Crippen molar-refractivity contribution in [2.45, 2.75) is 11.6 Å². The summed E-state index contributed by atoms with van der Waals surface area (Å²) in [7, 11) is -3.78. The fraction of sp³-hybridized carbons (Fsp3) is 0.111. The minimum Gasteiger partial charge on any atom is -0.326 e. The Hall–Kier alpha value is -1.45. The molecular formula is C9H10BrN5O2S. The third kappa shape index (κ3) is 2.52. The Bertz CT molecular complexity index is 654. The van der Waals surface area contributed by atoms with Gasteiger partial charge in [-0.15, -0.1) is 0 Å². The maximum atomic E-state index is 12.1. The maximum absolute atomic E-state index is 12.1. The van der Waals surface area contributed by atoms with Crippen LogP contribution in [0.3, 0.4) is 0 Å². The van der Waals surface area contributed by atoms with Crippen molar-refractivity contribution in [2.24, 2.45) is 5.73 Å². The van der Waals surface area contributed by atoms with Crippen molar-refractivity contribution in [3.8, 4) is 0 Å². The smallest absolute Gasteiger partial charge is 0.280 e. The number of pyridine rings is 1. The summed E-state index contributed by atoms with van der Waals surface area (Å²) in [4.78, 5) is 3.93. The summed E-state index contributed by atoms with van der Waals surface area (Å²) < 4.78 is 27.1. The summed E-state index contributed by atoms with van der Waals surface area (Å²) in [5.74, 6) is 0.204. The zero-order valence-electron chi connectivity index (χ0n) is 9.09. The predicted molar refractivity (Wildman–Crippen MR) is 69.2 cm³/mol. The fourth-order valence-corrected chi connectivity index (χ4v) is 2.98. The van der Waals surface area contributed by atoms with Crippen LogP contribution in [0.2, 0.25) is 0 Å². The van der Waals surface area contributed by atoms with Crippen LogP contribution < -0.4 is 10.5 Å². The van der Waals surface area contributed by atoms with E-state index < -0.39 is 10.0 Å². The second-order valence-corrected chi connectivity index (χ2v) is 5.84. The number of halogens is 1. The molecule has 0 aliphatic heterocycles. The van der Waals surface area contributed by atoms with Gasteiger partial charge in [0.1, 0.15) is 0 Å². The summed E-state index contributed by atoms with van der Waals surface area (Å²) >= 11 is 3.21. The standard InChI is InChI=1S/C9H10BrN5O2S/c10-7-2-1-3-12-8(7)15-18(16,17)9-6(4-11)5-13-14-9/h1-3,5H,4,11H2,(H,12,15)(H,13,14). The number of nitrogens with two attached hydrogens (primary N) is 1. The van der Waals surface area contributed by atoms with Gasteiger partial charge in [0.2, 0.25) is 0 Å². The fourth-order valence-electron chi connectivity index (χ4n) is 1.32. The van der Waals surface area contributed by atoms with E-state index in [1.165, 1.54) is 12.4 Å². The molecule has 7 nitrogen and oxygen atoms in total. The van der Waals surface area contributed by atoms with Crippen molar-refractivity contribution < 1.29 is 8.42 Å². The molecule has 0 amide bonds. The van der Waals surface area contributed by atoms with Crippen LogP contribution in [0.4, 0.5) is 5.82 Å². The minimum absolute atomic E-state index is 0.0532. The molecular weight excluding hydrogens is 322 g/mol. The van der Waals surface area contributed by atoms with Gasteiger partial charge in [0.25, 0.3) is 10.0 Å². The van der Waals surface area contributed by atoms with Crippen molar-refractivity contribution in [3.05, 3.63) is 34.6 Å². The topological polar surface area (TPSA) is 114 Å². The van der Waals surface area contributed by atoms with Gasteiger partial charge in [-0.05, 0) is 28.1 Å². The molecule has 0 saturated heterocycles. The monoisotopic (exact) mass is 331 g/mol. The van der Waals surface area contributed by atoms with Crippen LogP contribution in [-0.2, 0) is 16.6 Å². The lowest BCUT2D eigenvalue weighted by atomic mass is 10.4. The van der Waals surface area contributed by atoms with Gasteiger partial charge in [0.15, 0.2) is 10.8 Å². The van der Waals surface area contributed by atoms with Crippen molar-refractivity contribution in [2.75, 3.05) is 4.72 Å². The SMILES string of the molecule is NCc1cn[nH]c1S(=O)(=O)Nc1ncccc1Br. The molecule has 2 aromatic heterocycles. The molecule has 0 unspecified atom stereocenters. The van der Waals surface area contributed by atoms with E-state index in [9.17, 15) is 8.42 Å². The number of hydrogen-bond donors (Lipinski definition) is 3. The van der Waals surface area contributed by atoms with Gasteiger partial charge in [0, 0.05) is 18.3 Å². The number of aromatic amines is 1. The first-order valence-electron chi connectivity index (χ1n) is 4.90. The van der Waals surface area contributed by atoms with E-state index in [1.807, 2.05) is 0 Å². The zero-order valence-corrected chi connectivity index (χ0v) is 11.5. The average molecular weight is 332 g/mol. The first-order valence-corrected chi connectivity index (χ1v) is 7.18. The largest absolute Gasteiger partial charge is 0.326 e. The van der Waals surface area contributed by atoms with E-state index in [1.54, 1.807) is 12.1 Å². The summed E-state index contributed by atoms with van der Waals surface area (Å²) in [5.41, 5.74) is 5.85. The van der Waals surface area contributed by atoms with Crippen molar-refractivity contribution in [3.63, 3.8) is 0 Å². The molecule has 9 heteroatoms. The zero-order chi connectivity index (χ0) is 13.2. The Morgan fingerprint density at radius 2 is 2.28 bits per heavy atom. The third-order valence-corrected chi connectivity index (χ3v) is 4.15. The third-order valence-electron chi connectivity index (χ3n) is 2.16. The van der Waals surface area contributed by atoms with Crippen LogP contribution in [0.1, 0.15) is 5.56 Å². The van der Waals surface area contributed by atoms with E-state index in [0.29, 0.717) is 10.0 Å². The highest BCUT2D eigenvalue weighted by molar-refractivity contribution is 9.10. The van der Waals surface area contributed by atoms with E-state index in [2.05, 4.69) is 35.8 Å². The molecule has 2 heterocycles. The van der Waals surface area contributed by atoms with Gasteiger partial charge < -0.3 is 5.73 Å². The Morgan fingerprint density at radius 1 is 1.50 bits per heavy atom. The number of H-pyrrole nitrogens is 1. The Labute approximate surface area is 112 Å². The predicted octanol–water partition coefficient (Wildman–Crippen LogP) is 0.827. The van der Waals surface area contributed by atoms with Crippen molar-refractivity contribution >= 4 is 31.8 Å². The summed E-state index contributed by atoms with van der Waals surface area (Å²) in [6, 6.07) is 3.37. The lowest BCUT2D eigenvalue weighted by Gasteiger charge is -2.07. The first kappa shape index (κ1) is 13.0. The van der Waals surface area contributed by atoms with Crippen molar-refractivity contribution in [1.82, 2.24) is 15.2 Å². The number of anilines is 1. The molecule has 0 aliphatic carbocycles. The van der Waals surface area contributed by atoms with Gasteiger partial charge in [0.05, 0.1) is 10.7 Å². The Balaban J connectivity index is 2.37. The summed E-state index contributed by atoms with van der Waals surface area (Å²) in [6.45, 7) is 0.0795. The molecule has 0 aliphatic rings. The summed E-state index contributed by atoms with van der Waals surface area (Å²) in [5, 5.41) is 6.03. The minimum atomic E-state index is -3.78. The van der Waals surface area contributed by atoms with E-state index in [4.69, 9.17) is 5.73 Å². The number of rotatable bonds is 4. The average Bonchev–Trinajstić information content (AvgIpc) is 2.81. The molecule has 96 valence electrons. The molecule has 2 rings (SSSR count). The maximum Gasteiger partial charge on any atom is 0.280 e. The number of hydrogen-bond acceptors (Lipinski definition) is 5.